The number of rotatable bonds is 9. The molecule has 0 rings (SSSR count). The van der Waals surface area contributed by atoms with Crippen LogP contribution in [0.4, 0.5) is 0 Å². The Morgan fingerprint density at radius 1 is 1.12 bits per heavy atom. The molecule has 0 aromatic rings. The van der Waals surface area contributed by atoms with Gasteiger partial charge in [-0.25, -0.2) is 0 Å². The first kappa shape index (κ1) is 16.9. The highest BCUT2D eigenvalue weighted by atomic mass is 32.3. The summed E-state index contributed by atoms with van der Waals surface area (Å²) in [5.41, 5.74) is 0. The SMILES string of the molecule is CCCCS(=O)(=O)[OH+]S(C)(C)CC(=O)CCC. The van der Waals surface area contributed by atoms with Gasteiger partial charge in [0.05, 0.1) is 5.75 Å². The zero-order valence-electron chi connectivity index (χ0n) is 11.2. The molecule has 0 aliphatic rings. The van der Waals surface area contributed by atoms with Gasteiger partial charge in [0.1, 0.15) is 11.5 Å². The molecule has 0 spiro atoms. The van der Waals surface area contributed by atoms with Crippen LogP contribution in [0.15, 0.2) is 0 Å². The van der Waals surface area contributed by atoms with Gasteiger partial charge in [-0.15, -0.1) is 0 Å². The molecule has 0 bridgehead atoms. The first-order chi connectivity index (χ1) is 7.72. The van der Waals surface area contributed by atoms with Crippen molar-refractivity contribution in [2.45, 2.75) is 39.5 Å². The van der Waals surface area contributed by atoms with Crippen LogP contribution in [-0.2, 0) is 14.9 Å². The van der Waals surface area contributed by atoms with Crippen LogP contribution >= 0.6 is 10.3 Å². The molecule has 0 aliphatic carbocycles. The number of carbonyl (C=O) groups excluding carboxylic acids is 1. The summed E-state index contributed by atoms with van der Waals surface area (Å²) in [6.45, 7) is 3.88. The van der Waals surface area contributed by atoms with Crippen molar-refractivity contribution in [2.24, 2.45) is 0 Å². The van der Waals surface area contributed by atoms with Crippen LogP contribution in [0.25, 0.3) is 0 Å². The topological polar surface area (TPSA) is 64.0 Å². The van der Waals surface area contributed by atoms with E-state index in [1.165, 1.54) is 0 Å². The van der Waals surface area contributed by atoms with E-state index in [0.29, 0.717) is 12.8 Å². The highest BCUT2D eigenvalue weighted by Gasteiger charge is 2.29. The monoisotopic (exact) mass is 285 g/mol. The first-order valence-corrected chi connectivity index (χ1v) is 10.1. The lowest BCUT2D eigenvalue weighted by molar-refractivity contribution is -0.116. The number of carbonyl (C=O) groups is 1. The van der Waals surface area contributed by atoms with Gasteiger partial charge >= 0.3 is 10.1 Å². The number of Topliss-reactive ketones (excluding diaryl/α,β-unsaturated/α-hetero) is 1. The Kier molecular flexibility index (Phi) is 7.35. The molecule has 0 aromatic heterocycles. The Morgan fingerprint density at radius 3 is 2.18 bits per heavy atom. The summed E-state index contributed by atoms with van der Waals surface area (Å²) in [5.74, 6) is 0.496. The van der Waals surface area contributed by atoms with E-state index in [9.17, 15) is 13.2 Å². The molecule has 0 unspecified atom stereocenters. The summed E-state index contributed by atoms with van der Waals surface area (Å²) in [4.78, 5) is 11.5. The zero-order chi connectivity index (χ0) is 13.5. The Bertz CT molecular complexity index is 333. The summed E-state index contributed by atoms with van der Waals surface area (Å²) in [7, 11) is -5.06. The summed E-state index contributed by atoms with van der Waals surface area (Å²) >= 11 is 0. The molecule has 6 heteroatoms. The molecule has 0 aliphatic heterocycles. The van der Waals surface area contributed by atoms with Gasteiger partial charge in [-0.05, 0) is 23.2 Å². The fraction of sp³-hybridized carbons (Fsp3) is 0.909. The van der Waals surface area contributed by atoms with Gasteiger partial charge in [0.2, 0.25) is 0 Å². The van der Waals surface area contributed by atoms with Crippen LogP contribution in [0.3, 0.4) is 0 Å². The Labute approximate surface area is 107 Å². The molecular weight excluding hydrogens is 260 g/mol. The molecule has 0 heterocycles. The summed E-state index contributed by atoms with van der Waals surface area (Å²) in [5, 5.41) is 0. The standard InChI is InChI=1S/C11H24O4S2/c1-5-7-9-17(13,14)15-16(3,4)10-11(12)8-6-2/h5-10H2,1-4H3/p+1. The van der Waals surface area contributed by atoms with Crippen molar-refractivity contribution < 1.29 is 16.8 Å². The molecule has 0 atom stereocenters. The van der Waals surface area contributed by atoms with E-state index in [0.717, 1.165) is 12.8 Å². The third-order valence-corrected chi connectivity index (χ3v) is 6.47. The van der Waals surface area contributed by atoms with E-state index >= 15 is 0 Å². The smallest absolute Gasteiger partial charge is 0.299 e. The minimum Gasteiger partial charge on any atom is -0.299 e. The van der Waals surface area contributed by atoms with Gasteiger partial charge in [-0.3, -0.25) is 8.42 Å². The second-order valence-corrected chi connectivity index (χ2v) is 10.0. The number of ketones is 1. The Morgan fingerprint density at radius 2 is 1.71 bits per heavy atom. The van der Waals surface area contributed by atoms with Gasteiger partial charge < -0.3 is 0 Å². The van der Waals surface area contributed by atoms with E-state index in [-0.39, 0.29) is 17.3 Å². The normalized spacial score (nSPS) is 13.6. The maximum atomic E-state index is 11.7. The van der Waals surface area contributed by atoms with Crippen molar-refractivity contribution in [1.82, 2.24) is 0 Å². The molecule has 0 aromatic carbocycles. The quantitative estimate of drug-likeness (QED) is 0.483. The van der Waals surface area contributed by atoms with Crippen LogP contribution in [0, 0.1) is 0 Å². The number of unbranched alkanes of at least 4 members (excludes halogenated alkanes) is 1. The lowest BCUT2D eigenvalue weighted by atomic mass is 10.3. The van der Waals surface area contributed by atoms with Crippen molar-refractivity contribution in [3.05, 3.63) is 0 Å². The zero-order valence-corrected chi connectivity index (χ0v) is 12.9. The fourth-order valence-corrected chi connectivity index (χ4v) is 6.00. The third kappa shape index (κ3) is 8.63. The van der Waals surface area contributed by atoms with Gasteiger partial charge in [0.25, 0.3) is 0 Å². The van der Waals surface area contributed by atoms with Crippen molar-refractivity contribution in [3.63, 3.8) is 0 Å². The average molecular weight is 285 g/mol. The van der Waals surface area contributed by atoms with Crippen molar-refractivity contribution in [3.8, 4) is 0 Å². The third-order valence-electron chi connectivity index (χ3n) is 2.11. The number of hydrogen-bond acceptors (Lipinski definition) is 3. The minimum absolute atomic E-state index is 0.0991. The molecule has 17 heavy (non-hydrogen) atoms. The molecule has 104 valence electrons. The van der Waals surface area contributed by atoms with E-state index in [4.69, 9.17) is 0 Å². The summed E-state index contributed by atoms with van der Waals surface area (Å²) in [6, 6.07) is 0. The lowest BCUT2D eigenvalue weighted by Crippen LogP contribution is -2.23. The molecule has 0 radical (unpaired) electrons. The van der Waals surface area contributed by atoms with E-state index in [1.54, 1.807) is 12.5 Å². The van der Waals surface area contributed by atoms with Crippen molar-refractivity contribution in [2.75, 3.05) is 24.0 Å². The fourth-order valence-electron chi connectivity index (χ4n) is 1.44. The molecule has 1 N–H and O–H groups in total. The van der Waals surface area contributed by atoms with E-state index in [2.05, 4.69) is 3.63 Å². The molecule has 4 nitrogen and oxygen atoms in total. The van der Waals surface area contributed by atoms with E-state index in [1.807, 2.05) is 13.8 Å². The highest BCUT2D eigenvalue weighted by Crippen LogP contribution is 2.40. The molecule has 0 saturated heterocycles. The maximum absolute atomic E-state index is 11.7. The molecule has 0 amide bonds. The van der Waals surface area contributed by atoms with Gasteiger partial charge in [0.15, 0.2) is 0 Å². The van der Waals surface area contributed by atoms with Crippen LogP contribution in [0.5, 0.6) is 0 Å². The molecule has 0 saturated carbocycles. The Balaban J connectivity index is 4.37. The van der Waals surface area contributed by atoms with Gasteiger partial charge in [-0.1, -0.05) is 20.3 Å². The maximum Gasteiger partial charge on any atom is 0.390 e. The highest BCUT2D eigenvalue weighted by molar-refractivity contribution is 8.31. The average Bonchev–Trinajstić information content (AvgIpc) is 2.12. The van der Waals surface area contributed by atoms with Crippen LogP contribution < -0.4 is 0 Å². The van der Waals surface area contributed by atoms with Crippen molar-refractivity contribution in [1.29, 1.82) is 0 Å². The largest absolute Gasteiger partial charge is 0.390 e. The second-order valence-electron chi connectivity index (χ2n) is 4.63. The van der Waals surface area contributed by atoms with Crippen LogP contribution in [-0.4, -0.2) is 41.8 Å². The summed E-state index contributed by atoms with van der Waals surface area (Å²) < 4.78 is 27.3. The predicted octanol–water partition coefficient (Wildman–Crippen LogP) is 2.56. The second kappa shape index (κ2) is 7.38. The van der Waals surface area contributed by atoms with Crippen LogP contribution in [0.1, 0.15) is 39.5 Å². The summed E-state index contributed by atoms with van der Waals surface area (Å²) in [6.07, 6.45) is 6.34. The first-order valence-electron chi connectivity index (χ1n) is 5.92. The van der Waals surface area contributed by atoms with E-state index < -0.39 is 20.4 Å². The van der Waals surface area contributed by atoms with Gasteiger partial charge in [-0.2, -0.15) is 8.42 Å². The lowest BCUT2D eigenvalue weighted by Gasteiger charge is -2.24. The van der Waals surface area contributed by atoms with Crippen molar-refractivity contribution >= 4 is 26.2 Å². The molecule has 0 fully saturated rings. The minimum atomic E-state index is -3.35. The Hall–Kier alpha value is -0.0700. The number of hydrogen-bond donors (Lipinski definition) is 0. The van der Waals surface area contributed by atoms with Crippen LogP contribution in [0.2, 0.25) is 0 Å². The van der Waals surface area contributed by atoms with Gasteiger partial charge in [0, 0.05) is 18.9 Å². The predicted molar refractivity (Wildman–Crippen MR) is 75.5 cm³/mol. The molecular formula is C11H25O4S2+.